The lowest BCUT2D eigenvalue weighted by Gasteiger charge is -2.17. The minimum Gasteiger partial charge on any atom is -0.342 e. The standard InChI is InChI=1S/C15H19F3N2O/c1-19-9-12-6-7-20(10-12)14(21)8-11-2-4-13(5-3-11)15(16,17)18/h2-5,12,19H,6-10H2,1H3. The van der Waals surface area contributed by atoms with Gasteiger partial charge >= 0.3 is 6.18 Å². The highest BCUT2D eigenvalue weighted by molar-refractivity contribution is 5.79. The van der Waals surface area contributed by atoms with Crippen LogP contribution < -0.4 is 5.32 Å². The lowest BCUT2D eigenvalue weighted by molar-refractivity contribution is -0.137. The van der Waals surface area contributed by atoms with Gasteiger partial charge in [-0.3, -0.25) is 4.79 Å². The number of rotatable bonds is 4. The van der Waals surface area contributed by atoms with E-state index in [4.69, 9.17) is 0 Å². The van der Waals surface area contributed by atoms with Crippen molar-refractivity contribution in [1.29, 1.82) is 0 Å². The quantitative estimate of drug-likeness (QED) is 0.925. The molecule has 0 saturated carbocycles. The van der Waals surface area contributed by atoms with E-state index in [0.29, 0.717) is 11.5 Å². The molecule has 1 aliphatic rings. The van der Waals surface area contributed by atoms with E-state index in [1.807, 2.05) is 7.05 Å². The molecule has 0 aromatic heterocycles. The summed E-state index contributed by atoms with van der Waals surface area (Å²) in [5, 5.41) is 3.09. The second-order valence-electron chi connectivity index (χ2n) is 5.42. The molecule has 2 rings (SSSR count). The fourth-order valence-electron chi connectivity index (χ4n) is 2.61. The first-order valence-electron chi connectivity index (χ1n) is 6.98. The second-order valence-corrected chi connectivity index (χ2v) is 5.42. The maximum atomic E-state index is 12.5. The third-order valence-electron chi connectivity index (χ3n) is 3.77. The van der Waals surface area contributed by atoms with Crippen molar-refractivity contribution < 1.29 is 18.0 Å². The summed E-state index contributed by atoms with van der Waals surface area (Å²) in [6, 6.07) is 4.80. The van der Waals surface area contributed by atoms with Crippen molar-refractivity contribution in [3.63, 3.8) is 0 Å². The minimum absolute atomic E-state index is 0.0200. The Morgan fingerprint density at radius 3 is 2.57 bits per heavy atom. The van der Waals surface area contributed by atoms with Gasteiger partial charge in [0.05, 0.1) is 12.0 Å². The Morgan fingerprint density at radius 2 is 2.00 bits per heavy atom. The largest absolute Gasteiger partial charge is 0.416 e. The van der Waals surface area contributed by atoms with Gasteiger partial charge in [-0.05, 0) is 43.6 Å². The smallest absolute Gasteiger partial charge is 0.342 e. The average Bonchev–Trinajstić information content (AvgIpc) is 2.87. The Morgan fingerprint density at radius 1 is 1.33 bits per heavy atom. The molecule has 1 aromatic rings. The van der Waals surface area contributed by atoms with Crippen molar-refractivity contribution in [3.8, 4) is 0 Å². The zero-order valence-corrected chi connectivity index (χ0v) is 11.9. The molecule has 1 fully saturated rings. The normalized spacial score (nSPS) is 19.0. The maximum absolute atomic E-state index is 12.5. The molecule has 1 N–H and O–H groups in total. The monoisotopic (exact) mass is 300 g/mol. The summed E-state index contributed by atoms with van der Waals surface area (Å²) in [4.78, 5) is 13.9. The van der Waals surface area contributed by atoms with Crippen LogP contribution in [0, 0.1) is 5.92 Å². The fraction of sp³-hybridized carbons (Fsp3) is 0.533. The summed E-state index contributed by atoms with van der Waals surface area (Å²) in [5.74, 6) is 0.444. The Balaban J connectivity index is 1.91. The van der Waals surface area contributed by atoms with Gasteiger partial charge < -0.3 is 10.2 Å². The van der Waals surface area contributed by atoms with Crippen LogP contribution in [-0.2, 0) is 17.4 Å². The molecule has 1 aromatic carbocycles. The molecule has 3 nitrogen and oxygen atoms in total. The Labute approximate surface area is 122 Å². The van der Waals surface area contributed by atoms with E-state index in [1.54, 1.807) is 4.90 Å². The van der Waals surface area contributed by atoms with E-state index < -0.39 is 11.7 Å². The fourth-order valence-corrected chi connectivity index (χ4v) is 2.61. The van der Waals surface area contributed by atoms with Crippen molar-refractivity contribution in [1.82, 2.24) is 10.2 Å². The van der Waals surface area contributed by atoms with Gasteiger partial charge in [-0.25, -0.2) is 0 Å². The summed E-state index contributed by atoms with van der Waals surface area (Å²) >= 11 is 0. The summed E-state index contributed by atoms with van der Waals surface area (Å²) in [6.45, 7) is 2.33. The number of carbonyl (C=O) groups excluding carboxylic acids is 1. The van der Waals surface area contributed by atoms with Crippen molar-refractivity contribution in [2.75, 3.05) is 26.7 Å². The number of alkyl halides is 3. The van der Waals surface area contributed by atoms with Crippen LogP contribution in [0.4, 0.5) is 13.2 Å². The molecule has 1 unspecified atom stereocenters. The van der Waals surface area contributed by atoms with Crippen LogP contribution in [-0.4, -0.2) is 37.5 Å². The van der Waals surface area contributed by atoms with E-state index in [2.05, 4.69) is 5.32 Å². The van der Waals surface area contributed by atoms with Crippen LogP contribution in [0.5, 0.6) is 0 Å². The van der Waals surface area contributed by atoms with Crippen molar-refractivity contribution in [3.05, 3.63) is 35.4 Å². The molecular weight excluding hydrogens is 281 g/mol. The molecule has 1 heterocycles. The van der Waals surface area contributed by atoms with Crippen LogP contribution >= 0.6 is 0 Å². The number of carbonyl (C=O) groups is 1. The van der Waals surface area contributed by atoms with Crippen LogP contribution in [0.3, 0.4) is 0 Å². The molecule has 6 heteroatoms. The highest BCUT2D eigenvalue weighted by atomic mass is 19.4. The topological polar surface area (TPSA) is 32.3 Å². The average molecular weight is 300 g/mol. The number of hydrogen-bond acceptors (Lipinski definition) is 2. The number of hydrogen-bond donors (Lipinski definition) is 1. The number of benzene rings is 1. The van der Waals surface area contributed by atoms with Gasteiger partial charge in [-0.1, -0.05) is 12.1 Å². The van der Waals surface area contributed by atoms with Gasteiger partial charge in [-0.15, -0.1) is 0 Å². The van der Waals surface area contributed by atoms with Gasteiger partial charge in [0, 0.05) is 13.1 Å². The predicted octanol–water partition coefficient (Wildman–Crippen LogP) is 2.32. The summed E-state index contributed by atoms with van der Waals surface area (Å²) < 4.78 is 37.4. The van der Waals surface area contributed by atoms with Crippen LogP contribution in [0.2, 0.25) is 0 Å². The van der Waals surface area contributed by atoms with Gasteiger partial charge in [0.2, 0.25) is 5.91 Å². The van der Waals surface area contributed by atoms with E-state index in [0.717, 1.165) is 38.2 Å². The molecule has 0 aliphatic carbocycles. The van der Waals surface area contributed by atoms with E-state index >= 15 is 0 Å². The molecule has 21 heavy (non-hydrogen) atoms. The molecule has 0 bridgehead atoms. The first-order valence-corrected chi connectivity index (χ1v) is 6.98. The van der Waals surface area contributed by atoms with Gasteiger partial charge in [-0.2, -0.15) is 13.2 Å². The van der Waals surface area contributed by atoms with E-state index in [1.165, 1.54) is 12.1 Å². The van der Waals surface area contributed by atoms with E-state index in [-0.39, 0.29) is 12.3 Å². The first-order chi connectivity index (χ1) is 9.90. The van der Waals surface area contributed by atoms with Crippen molar-refractivity contribution >= 4 is 5.91 Å². The molecule has 116 valence electrons. The van der Waals surface area contributed by atoms with Gasteiger partial charge in [0.15, 0.2) is 0 Å². The predicted molar refractivity (Wildman–Crippen MR) is 73.8 cm³/mol. The molecule has 1 amide bonds. The molecule has 1 atom stereocenters. The number of nitrogens with one attached hydrogen (secondary N) is 1. The zero-order chi connectivity index (χ0) is 15.5. The molecule has 1 saturated heterocycles. The number of nitrogens with zero attached hydrogens (tertiary/aromatic N) is 1. The molecular formula is C15H19F3N2O. The third-order valence-corrected chi connectivity index (χ3v) is 3.77. The Hall–Kier alpha value is -1.56. The van der Waals surface area contributed by atoms with E-state index in [9.17, 15) is 18.0 Å². The molecule has 0 spiro atoms. The third kappa shape index (κ3) is 4.20. The second kappa shape index (κ2) is 6.47. The van der Waals surface area contributed by atoms with Crippen molar-refractivity contribution in [2.24, 2.45) is 5.92 Å². The van der Waals surface area contributed by atoms with Crippen LogP contribution in [0.15, 0.2) is 24.3 Å². The number of amides is 1. The van der Waals surface area contributed by atoms with Gasteiger partial charge in [0.1, 0.15) is 0 Å². The molecule has 1 aliphatic heterocycles. The minimum atomic E-state index is -4.34. The number of halogens is 3. The lowest BCUT2D eigenvalue weighted by Crippen LogP contribution is -2.31. The Bertz CT molecular complexity index is 485. The lowest BCUT2D eigenvalue weighted by atomic mass is 10.1. The zero-order valence-electron chi connectivity index (χ0n) is 11.9. The van der Waals surface area contributed by atoms with Crippen molar-refractivity contribution in [2.45, 2.75) is 19.0 Å². The maximum Gasteiger partial charge on any atom is 0.416 e. The highest BCUT2D eigenvalue weighted by Gasteiger charge is 2.30. The van der Waals surface area contributed by atoms with Gasteiger partial charge in [0.25, 0.3) is 0 Å². The number of likely N-dealkylation sites (tertiary alicyclic amines) is 1. The highest BCUT2D eigenvalue weighted by Crippen LogP contribution is 2.29. The summed E-state index contributed by atoms with van der Waals surface area (Å²) in [6.07, 6.45) is -3.21. The SMILES string of the molecule is CNCC1CCN(C(=O)Cc2ccc(C(F)(F)F)cc2)C1. The first kappa shape index (κ1) is 15.8. The van der Waals surface area contributed by atoms with Crippen LogP contribution in [0.25, 0.3) is 0 Å². The Kier molecular flexibility index (Phi) is 4.88. The summed E-state index contributed by atoms with van der Waals surface area (Å²) in [5.41, 5.74) is -0.0703. The van der Waals surface area contributed by atoms with Crippen LogP contribution in [0.1, 0.15) is 17.5 Å². The molecule has 0 radical (unpaired) electrons. The summed E-state index contributed by atoms with van der Waals surface area (Å²) in [7, 11) is 1.88.